The molecule has 0 atom stereocenters. The van der Waals surface area contributed by atoms with Gasteiger partial charge in [0.05, 0.1) is 29.4 Å². The molecule has 1 spiro atoms. The van der Waals surface area contributed by atoms with E-state index in [9.17, 15) is 9.90 Å². The number of anilines is 1. The number of nitrogens with zero attached hydrogens (tertiary/aromatic N) is 6. The maximum absolute atomic E-state index is 12.0. The molecule has 0 radical (unpaired) electrons. The lowest BCUT2D eigenvalue weighted by molar-refractivity contribution is -0.149. The number of hydrogen-bond donors (Lipinski definition) is 2. The second-order valence-electron chi connectivity index (χ2n) is 12.4. The molecule has 6 rings (SSSR count). The van der Waals surface area contributed by atoms with Crippen molar-refractivity contribution in [2.45, 2.75) is 52.1 Å². The lowest BCUT2D eigenvalue weighted by atomic mass is 9.60. The number of carbonyl (C=O) groups is 1. The summed E-state index contributed by atoms with van der Waals surface area (Å²) in [6, 6.07) is 2.33. The smallest absolute Gasteiger partial charge is 0.245 e. The topological polar surface area (TPSA) is 93.5 Å². The molecule has 1 saturated carbocycles. The van der Waals surface area contributed by atoms with E-state index in [1.54, 1.807) is 0 Å². The maximum atomic E-state index is 12.0. The number of aromatic amines is 1. The van der Waals surface area contributed by atoms with Crippen LogP contribution in [0.2, 0.25) is 5.02 Å². The number of aromatic nitrogens is 4. The maximum Gasteiger partial charge on any atom is 0.245 e. The number of carbonyl (C=O) groups excluding carboxylic acids is 1. The summed E-state index contributed by atoms with van der Waals surface area (Å²) in [6.45, 7) is 17.2. The number of benzene rings is 1. The van der Waals surface area contributed by atoms with Crippen LogP contribution in [0, 0.1) is 19.3 Å². The van der Waals surface area contributed by atoms with Gasteiger partial charge in [0.1, 0.15) is 0 Å². The summed E-state index contributed by atoms with van der Waals surface area (Å²) in [5.74, 6) is 0.971. The third-order valence-corrected chi connectivity index (χ3v) is 9.61. The highest BCUT2D eigenvalue weighted by molar-refractivity contribution is 6.36. The van der Waals surface area contributed by atoms with Crippen molar-refractivity contribution in [3.63, 3.8) is 0 Å². The summed E-state index contributed by atoms with van der Waals surface area (Å²) in [5.41, 5.74) is 5.10. The molecule has 0 unspecified atom stereocenters. The largest absolute Gasteiger partial charge is 0.395 e. The molecule has 39 heavy (non-hydrogen) atoms. The Bertz CT molecular complexity index is 1440. The number of β-amino-alcohol motifs (C(OH)–C–C–N with tert-alkyl or cyclic N) is 1. The van der Waals surface area contributed by atoms with Crippen molar-refractivity contribution in [2.75, 3.05) is 50.8 Å². The molecule has 4 heterocycles. The molecule has 3 aromatic rings. The summed E-state index contributed by atoms with van der Waals surface area (Å²) in [6.07, 6.45) is 5.28. The highest BCUT2D eigenvalue weighted by atomic mass is 35.5. The zero-order chi connectivity index (χ0) is 27.7. The average Bonchev–Trinajstić information content (AvgIpc) is 3.42. The molecule has 1 aliphatic carbocycles. The molecule has 3 aliphatic rings. The minimum Gasteiger partial charge on any atom is -0.395 e. The number of piperazine rings is 1. The van der Waals surface area contributed by atoms with Crippen LogP contribution in [0.1, 0.15) is 44.0 Å². The van der Waals surface area contributed by atoms with E-state index in [4.69, 9.17) is 16.7 Å². The third-order valence-electron chi connectivity index (χ3n) is 9.12. The van der Waals surface area contributed by atoms with Crippen LogP contribution in [0.4, 0.5) is 5.82 Å². The normalized spacial score (nSPS) is 20.9. The average molecular weight is 552 g/mol. The van der Waals surface area contributed by atoms with Crippen LogP contribution in [-0.2, 0) is 4.79 Å². The van der Waals surface area contributed by atoms with Crippen molar-refractivity contribution >= 4 is 34.2 Å². The first kappa shape index (κ1) is 26.3. The zero-order valence-corrected chi connectivity index (χ0v) is 24.1. The Labute approximate surface area is 234 Å². The second-order valence-corrected chi connectivity index (χ2v) is 12.7. The zero-order valence-electron chi connectivity index (χ0n) is 23.3. The predicted octanol–water partition coefficient (Wildman–Crippen LogP) is 3.94. The Hall–Kier alpha value is -2.88. The number of aryl methyl sites for hydroxylation is 1. The molecule has 1 amide bonds. The molecule has 2 saturated heterocycles. The van der Waals surface area contributed by atoms with Crippen LogP contribution in [0.3, 0.4) is 0 Å². The number of halogens is 1. The van der Waals surface area contributed by atoms with E-state index in [1.807, 2.05) is 24.1 Å². The molecular weight excluding hydrogens is 514 g/mol. The van der Waals surface area contributed by atoms with Gasteiger partial charge in [-0.1, -0.05) is 18.2 Å². The van der Waals surface area contributed by atoms with Gasteiger partial charge in [0.15, 0.2) is 5.82 Å². The lowest BCUT2D eigenvalue weighted by Gasteiger charge is -2.58. The first-order valence-corrected chi connectivity index (χ1v) is 14.2. The highest BCUT2D eigenvalue weighted by Crippen LogP contribution is 2.55. The number of hydrogen-bond acceptors (Lipinski definition) is 6. The van der Waals surface area contributed by atoms with E-state index in [2.05, 4.69) is 52.0 Å². The Morgan fingerprint density at radius 2 is 1.97 bits per heavy atom. The van der Waals surface area contributed by atoms with Crippen LogP contribution in [0.5, 0.6) is 0 Å². The van der Waals surface area contributed by atoms with Crippen molar-refractivity contribution in [1.82, 2.24) is 29.8 Å². The van der Waals surface area contributed by atoms with Crippen molar-refractivity contribution in [1.29, 1.82) is 0 Å². The number of nitrogens with one attached hydrogen (secondary N) is 1. The van der Waals surface area contributed by atoms with Gasteiger partial charge in [-0.15, -0.1) is 0 Å². The summed E-state index contributed by atoms with van der Waals surface area (Å²) in [4.78, 5) is 18.6. The van der Waals surface area contributed by atoms with E-state index in [1.165, 1.54) is 6.08 Å². The number of H-pyrrole nitrogens is 1. The number of rotatable bonds is 6. The van der Waals surface area contributed by atoms with Gasteiger partial charge in [0.2, 0.25) is 5.91 Å². The van der Waals surface area contributed by atoms with E-state index < -0.39 is 0 Å². The Kier molecular flexibility index (Phi) is 6.32. The summed E-state index contributed by atoms with van der Waals surface area (Å²) in [7, 11) is 0. The standard InChI is InChI=1S/C29H38ClN7O2/c1-6-23(39)35-16-29(17-35)12-20(13-29)37-19(3)24(25-21-14-31-32-22(21)11-18(2)26(25)30)27(33-37)36-8-7-34(9-10-38)15-28(36,4)5/h6,11,14,20,38H,1,7-10,12-13,15-17H2,2-5H3,(H,31,32). The number of aliphatic hydroxyl groups excluding tert-OH is 1. The fraction of sp³-hybridized carbons (Fsp3) is 0.552. The molecule has 3 fully saturated rings. The first-order chi connectivity index (χ1) is 18.6. The first-order valence-electron chi connectivity index (χ1n) is 13.8. The Morgan fingerprint density at radius 3 is 2.64 bits per heavy atom. The predicted molar refractivity (Wildman–Crippen MR) is 154 cm³/mol. The van der Waals surface area contributed by atoms with Gasteiger partial charge >= 0.3 is 0 Å². The molecule has 1 aromatic carbocycles. The van der Waals surface area contributed by atoms with Crippen LogP contribution < -0.4 is 4.90 Å². The van der Waals surface area contributed by atoms with E-state index in [0.29, 0.717) is 6.54 Å². The molecule has 208 valence electrons. The second kappa shape index (κ2) is 9.35. The molecular formula is C29H38ClN7O2. The van der Waals surface area contributed by atoms with Crippen LogP contribution in [0.15, 0.2) is 24.9 Å². The van der Waals surface area contributed by atoms with Gasteiger partial charge in [0.25, 0.3) is 0 Å². The van der Waals surface area contributed by atoms with Crippen LogP contribution in [0.25, 0.3) is 22.0 Å². The minimum absolute atomic E-state index is 0.0182. The monoisotopic (exact) mass is 551 g/mol. The van der Waals surface area contributed by atoms with E-state index in [0.717, 1.165) is 89.7 Å². The SMILES string of the molecule is C=CC(=O)N1CC2(CC(n3nc(N4CCN(CCO)CC4(C)C)c(-c4c(Cl)c(C)cc5[nH]ncc45)c3C)C2)C1. The van der Waals surface area contributed by atoms with E-state index in [-0.39, 0.29) is 29.5 Å². The fourth-order valence-corrected chi connectivity index (χ4v) is 7.44. The third kappa shape index (κ3) is 4.17. The summed E-state index contributed by atoms with van der Waals surface area (Å²) < 4.78 is 2.22. The Morgan fingerprint density at radius 1 is 1.23 bits per heavy atom. The highest BCUT2D eigenvalue weighted by Gasteiger charge is 2.54. The number of likely N-dealkylation sites (tertiary alicyclic amines) is 1. The van der Waals surface area contributed by atoms with E-state index >= 15 is 0 Å². The molecule has 2 aromatic heterocycles. The number of aliphatic hydroxyl groups is 1. The van der Waals surface area contributed by atoms with Crippen LogP contribution in [-0.4, -0.2) is 92.2 Å². The fourth-order valence-electron chi connectivity index (χ4n) is 7.19. The summed E-state index contributed by atoms with van der Waals surface area (Å²) in [5, 5.41) is 24.1. The quantitative estimate of drug-likeness (QED) is 0.451. The number of fused-ring (bicyclic) bond motifs is 1. The molecule has 2 aliphatic heterocycles. The van der Waals surface area contributed by atoms with Gasteiger partial charge in [-0.05, 0) is 58.2 Å². The minimum atomic E-state index is -0.194. The van der Waals surface area contributed by atoms with Gasteiger partial charge in [-0.25, -0.2) is 0 Å². The van der Waals surface area contributed by atoms with Crippen molar-refractivity contribution < 1.29 is 9.90 Å². The molecule has 9 nitrogen and oxygen atoms in total. The van der Waals surface area contributed by atoms with Crippen molar-refractivity contribution in [2.24, 2.45) is 5.41 Å². The van der Waals surface area contributed by atoms with Gasteiger partial charge in [0, 0.05) is 72.4 Å². The van der Waals surface area contributed by atoms with Gasteiger partial charge < -0.3 is 14.9 Å². The van der Waals surface area contributed by atoms with Gasteiger partial charge in [-0.3, -0.25) is 19.5 Å². The van der Waals surface area contributed by atoms with Crippen molar-refractivity contribution in [3.8, 4) is 11.1 Å². The van der Waals surface area contributed by atoms with Crippen molar-refractivity contribution in [3.05, 3.63) is 41.2 Å². The summed E-state index contributed by atoms with van der Waals surface area (Å²) >= 11 is 7.08. The van der Waals surface area contributed by atoms with Gasteiger partial charge in [-0.2, -0.15) is 10.2 Å². The van der Waals surface area contributed by atoms with Crippen LogP contribution >= 0.6 is 11.6 Å². The molecule has 10 heteroatoms. The number of amides is 1. The Balaban J connectivity index is 1.42. The lowest BCUT2D eigenvalue weighted by Crippen LogP contribution is -2.63. The molecule has 0 bridgehead atoms. The molecule has 2 N–H and O–H groups in total.